The minimum absolute atomic E-state index is 0.678. The van der Waals surface area contributed by atoms with Gasteiger partial charge in [-0.25, -0.2) is 0 Å². The van der Waals surface area contributed by atoms with Crippen LogP contribution in [-0.2, 0) is 6.42 Å². The second kappa shape index (κ2) is 10.6. The van der Waals surface area contributed by atoms with Gasteiger partial charge in [-0.3, -0.25) is 4.98 Å². The van der Waals surface area contributed by atoms with Gasteiger partial charge in [0.25, 0.3) is 0 Å². The normalized spacial score (nSPS) is 19.9. The molecule has 0 atom stereocenters. The Morgan fingerprint density at radius 2 is 1.48 bits per heavy atom. The van der Waals surface area contributed by atoms with Crippen molar-refractivity contribution >= 4 is 0 Å². The van der Waals surface area contributed by atoms with Crippen LogP contribution in [0.15, 0.2) is 42.6 Å². The Bertz CT molecular complexity index is 648. The van der Waals surface area contributed by atoms with Crippen LogP contribution in [-0.4, -0.2) is 4.98 Å². The van der Waals surface area contributed by atoms with Crippen LogP contribution in [0.4, 0.5) is 0 Å². The maximum absolute atomic E-state index is 4.83. The van der Waals surface area contributed by atoms with Gasteiger partial charge in [-0.2, -0.15) is 0 Å². The highest BCUT2D eigenvalue weighted by Gasteiger charge is 2.22. The molecule has 1 fully saturated rings. The molecule has 0 N–H and O–H groups in total. The topological polar surface area (TPSA) is 12.9 Å². The maximum atomic E-state index is 4.83. The lowest BCUT2D eigenvalue weighted by Crippen LogP contribution is -2.13. The summed E-state index contributed by atoms with van der Waals surface area (Å²) in [4.78, 5) is 4.83. The largest absolute Gasteiger partial charge is 0.260 e. The number of benzene rings is 1. The molecule has 0 saturated heterocycles. The molecule has 0 bridgehead atoms. The van der Waals surface area contributed by atoms with E-state index in [9.17, 15) is 0 Å². The smallest absolute Gasteiger partial charge is 0.0434 e. The average molecular weight is 364 g/mol. The molecule has 1 aliphatic rings. The number of pyridine rings is 1. The van der Waals surface area contributed by atoms with E-state index in [1.165, 1.54) is 93.0 Å². The maximum Gasteiger partial charge on any atom is 0.0434 e. The van der Waals surface area contributed by atoms with Gasteiger partial charge in [0.2, 0.25) is 0 Å². The van der Waals surface area contributed by atoms with E-state index >= 15 is 0 Å². The molecule has 27 heavy (non-hydrogen) atoms. The number of rotatable bonds is 9. The molecule has 1 heterocycles. The molecule has 1 heteroatoms. The first kappa shape index (κ1) is 20.1. The monoisotopic (exact) mass is 363 g/mol. The summed E-state index contributed by atoms with van der Waals surface area (Å²) < 4.78 is 0. The fourth-order valence-electron chi connectivity index (χ4n) is 4.48. The van der Waals surface area contributed by atoms with Crippen molar-refractivity contribution in [2.24, 2.45) is 5.92 Å². The molecule has 0 unspecified atom stereocenters. The Morgan fingerprint density at radius 3 is 2.11 bits per heavy atom. The van der Waals surface area contributed by atoms with Gasteiger partial charge in [-0.15, -0.1) is 0 Å². The second-order valence-corrected chi connectivity index (χ2v) is 8.46. The van der Waals surface area contributed by atoms with Crippen LogP contribution < -0.4 is 0 Å². The lowest BCUT2D eigenvalue weighted by Gasteiger charge is -2.27. The molecule has 0 amide bonds. The van der Waals surface area contributed by atoms with E-state index in [4.69, 9.17) is 4.98 Å². The van der Waals surface area contributed by atoms with E-state index in [1.54, 1.807) is 0 Å². The highest BCUT2D eigenvalue weighted by molar-refractivity contribution is 5.62. The van der Waals surface area contributed by atoms with Crippen LogP contribution in [0.2, 0.25) is 0 Å². The average Bonchev–Trinajstić information content (AvgIpc) is 2.74. The molecule has 2 aromatic rings. The van der Waals surface area contributed by atoms with Crippen molar-refractivity contribution < 1.29 is 0 Å². The summed E-state index contributed by atoms with van der Waals surface area (Å²) in [6.07, 6.45) is 16.8. The molecule has 3 rings (SSSR count). The van der Waals surface area contributed by atoms with E-state index in [2.05, 4.69) is 56.4 Å². The first-order valence-electron chi connectivity index (χ1n) is 11.4. The predicted molar refractivity (Wildman–Crippen MR) is 117 cm³/mol. The first-order chi connectivity index (χ1) is 13.3. The first-order valence-corrected chi connectivity index (χ1v) is 11.4. The zero-order valence-electron chi connectivity index (χ0n) is 17.4. The van der Waals surface area contributed by atoms with E-state index in [-0.39, 0.29) is 0 Å². The Kier molecular flexibility index (Phi) is 7.93. The van der Waals surface area contributed by atoms with Gasteiger partial charge in [0.1, 0.15) is 0 Å². The zero-order valence-corrected chi connectivity index (χ0v) is 17.4. The summed E-state index contributed by atoms with van der Waals surface area (Å²) in [6.45, 7) is 4.60. The lowest BCUT2D eigenvalue weighted by atomic mass is 9.79. The summed E-state index contributed by atoms with van der Waals surface area (Å²) in [7, 11) is 0. The minimum Gasteiger partial charge on any atom is -0.260 e. The van der Waals surface area contributed by atoms with Gasteiger partial charge in [0.05, 0.1) is 0 Å². The summed E-state index contributed by atoms with van der Waals surface area (Å²) in [5.74, 6) is 1.63. The third-order valence-electron chi connectivity index (χ3n) is 6.49. The van der Waals surface area contributed by atoms with Crippen LogP contribution in [0, 0.1) is 5.92 Å². The predicted octanol–water partition coefficient (Wildman–Crippen LogP) is 7.95. The van der Waals surface area contributed by atoms with E-state index in [0.717, 1.165) is 5.92 Å². The number of hydrogen-bond donors (Lipinski definition) is 0. The SMILES string of the molecule is CCCCCCCc1ccc(-c2ccc([C@H]3CC[C@H](CC)CC3)nc2)cc1. The fraction of sp³-hybridized carbons (Fsp3) is 0.577. The van der Waals surface area contributed by atoms with Crippen LogP contribution in [0.1, 0.15) is 95.2 Å². The minimum atomic E-state index is 0.678. The Labute approximate surface area is 166 Å². The third kappa shape index (κ3) is 5.92. The lowest BCUT2D eigenvalue weighted by molar-refractivity contribution is 0.315. The number of hydrogen-bond acceptors (Lipinski definition) is 1. The van der Waals surface area contributed by atoms with Crippen molar-refractivity contribution in [3.8, 4) is 11.1 Å². The molecule has 1 aromatic heterocycles. The molecule has 1 nitrogen and oxygen atoms in total. The van der Waals surface area contributed by atoms with Gasteiger partial charge in [0, 0.05) is 23.4 Å². The fourth-order valence-corrected chi connectivity index (χ4v) is 4.48. The Morgan fingerprint density at radius 1 is 0.778 bits per heavy atom. The summed E-state index contributed by atoms with van der Waals surface area (Å²) in [6, 6.07) is 13.7. The molecule has 1 saturated carbocycles. The van der Waals surface area contributed by atoms with Gasteiger partial charge in [-0.1, -0.05) is 76.3 Å². The van der Waals surface area contributed by atoms with Gasteiger partial charge in [-0.05, 0) is 61.6 Å². The van der Waals surface area contributed by atoms with Crippen LogP contribution in [0.5, 0.6) is 0 Å². The highest BCUT2D eigenvalue weighted by atomic mass is 14.7. The van der Waals surface area contributed by atoms with Gasteiger partial charge >= 0.3 is 0 Å². The molecular weight excluding hydrogens is 326 g/mol. The van der Waals surface area contributed by atoms with E-state index < -0.39 is 0 Å². The van der Waals surface area contributed by atoms with Crippen LogP contribution in [0.3, 0.4) is 0 Å². The summed E-state index contributed by atoms with van der Waals surface area (Å²) in [5.41, 5.74) is 5.30. The molecule has 0 spiro atoms. The van der Waals surface area contributed by atoms with Crippen molar-refractivity contribution in [1.29, 1.82) is 0 Å². The number of aromatic nitrogens is 1. The van der Waals surface area contributed by atoms with Gasteiger partial charge < -0.3 is 0 Å². The molecule has 146 valence electrons. The molecule has 1 aromatic carbocycles. The van der Waals surface area contributed by atoms with Crippen molar-refractivity contribution in [3.63, 3.8) is 0 Å². The third-order valence-corrected chi connectivity index (χ3v) is 6.49. The standard InChI is InChI=1S/C26H37N/c1-3-5-6-7-8-9-22-12-14-23(15-13-22)25-18-19-26(27-20-25)24-16-10-21(4-2)11-17-24/h12-15,18-21,24H,3-11,16-17H2,1-2H3/t21-,24-. The summed E-state index contributed by atoms with van der Waals surface area (Å²) >= 11 is 0. The van der Waals surface area contributed by atoms with Crippen molar-refractivity contribution in [1.82, 2.24) is 4.98 Å². The Hall–Kier alpha value is -1.63. The Balaban J connectivity index is 1.52. The van der Waals surface area contributed by atoms with Gasteiger partial charge in [0.15, 0.2) is 0 Å². The van der Waals surface area contributed by atoms with E-state index in [0.29, 0.717) is 5.92 Å². The van der Waals surface area contributed by atoms with Crippen LogP contribution in [0.25, 0.3) is 11.1 Å². The highest BCUT2D eigenvalue weighted by Crippen LogP contribution is 2.36. The number of aryl methyl sites for hydroxylation is 1. The van der Waals surface area contributed by atoms with Crippen molar-refractivity contribution in [2.45, 2.75) is 90.4 Å². The zero-order chi connectivity index (χ0) is 18.9. The number of nitrogens with zero attached hydrogens (tertiary/aromatic N) is 1. The quantitative estimate of drug-likeness (QED) is 0.412. The molecule has 0 aliphatic heterocycles. The summed E-state index contributed by atoms with van der Waals surface area (Å²) in [5, 5.41) is 0. The number of unbranched alkanes of at least 4 members (excludes halogenated alkanes) is 4. The van der Waals surface area contributed by atoms with E-state index in [1.807, 2.05) is 0 Å². The molecule has 0 radical (unpaired) electrons. The second-order valence-electron chi connectivity index (χ2n) is 8.46. The van der Waals surface area contributed by atoms with Crippen LogP contribution >= 0.6 is 0 Å². The molecular formula is C26H37N. The van der Waals surface area contributed by atoms with Crippen molar-refractivity contribution in [2.75, 3.05) is 0 Å². The molecule has 1 aliphatic carbocycles. The van der Waals surface area contributed by atoms with Crippen molar-refractivity contribution in [3.05, 3.63) is 53.9 Å².